The van der Waals surface area contributed by atoms with Gasteiger partial charge in [-0.05, 0) is 26.4 Å². The second-order valence-corrected chi connectivity index (χ2v) is 7.35. The lowest BCUT2D eigenvalue weighted by Gasteiger charge is -2.51. The second kappa shape index (κ2) is 7.83. The number of nitrogens with zero attached hydrogens (tertiary/aromatic N) is 1. The molecular weight excluding hydrogens is 540 g/mol. The Bertz CT molecular complexity index is 703. The first-order valence-electron chi connectivity index (χ1n) is 8.34. The highest BCUT2D eigenvalue weighted by Gasteiger charge is 2.96. The van der Waals surface area contributed by atoms with E-state index in [0.29, 0.717) is 0 Å². The summed E-state index contributed by atoms with van der Waals surface area (Å²) in [5, 5.41) is 9.76. The van der Waals surface area contributed by atoms with Crippen molar-refractivity contribution in [1.82, 2.24) is 4.90 Å². The number of halogens is 18. The molecule has 0 unspecified atom stereocenters. The van der Waals surface area contributed by atoms with E-state index in [0.717, 1.165) is 0 Å². The molecule has 0 aromatic heterocycles. The van der Waals surface area contributed by atoms with Gasteiger partial charge < -0.3 is 10.0 Å². The summed E-state index contributed by atoms with van der Waals surface area (Å²) in [7, 11) is 0.259. The number of likely N-dealkylation sites (N-methyl/N-ethyl adjacent to an activating group) is 1. The molecule has 0 amide bonds. The smallest absolute Gasteiger partial charge is 0.377 e. The van der Waals surface area contributed by atoms with Crippen LogP contribution in [0.1, 0.15) is 12.8 Å². The van der Waals surface area contributed by atoms with Crippen LogP contribution in [-0.4, -0.2) is 83.1 Å². The molecule has 20 heteroatoms. The molecule has 0 saturated carbocycles. The minimum absolute atomic E-state index is 0.217. The van der Waals surface area contributed by atoms with E-state index >= 15 is 0 Å². The molecule has 1 atom stereocenters. The molecule has 1 heterocycles. The lowest BCUT2D eigenvalue weighted by Crippen LogP contribution is -2.82. The summed E-state index contributed by atoms with van der Waals surface area (Å²) in [6, 6.07) is -3.73. The average molecular weight is 551 g/mol. The third kappa shape index (κ3) is 3.59. The number of likely N-dealkylation sites (tertiary alicyclic amines) is 1. The number of rotatable bonds is 7. The largest absolute Gasteiger partial charge is 0.460 e. The summed E-state index contributed by atoms with van der Waals surface area (Å²) in [4.78, 5) is -0.217. The van der Waals surface area contributed by atoms with E-state index in [1.165, 1.54) is 0 Å². The molecular formula is C14H11F18NO. The summed E-state index contributed by atoms with van der Waals surface area (Å²) in [6.07, 6.45) is -17.9. The fourth-order valence-electron chi connectivity index (χ4n) is 3.28. The molecule has 1 fully saturated rings. The van der Waals surface area contributed by atoms with Crippen LogP contribution >= 0.6 is 0 Å². The van der Waals surface area contributed by atoms with Crippen LogP contribution in [0.15, 0.2) is 0 Å². The standard InChI is InChI=1S/C14H11F18NO/c1-33-4-2-3-5(33)6(34,7(15,16)9(19,20)11(23,24)13(27,28)29)8(17,18)10(21,22)12(25,26)14(30,31)32/h5,34H,2-4H2,1H3/t5-/m0/s1. The molecule has 0 aliphatic carbocycles. The third-order valence-corrected chi connectivity index (χ3v) is 5.25. The zero-order valence-electron chi connectivity index (χ0n) is 15.9. The van der Waals surface area contributed by atoms with E-state index in [1.54, 1.807) is 0 Å². The van der Waals surface area contributed by atoms with Crippen molar-refractivity contribution in [3.05, 3.63) is 0 Å². The van der Waals surface area contributed by atoms with Crippen LogP contribution in [0.2, 0.25) is 0 Å². The van der Waals surface area contributed by atoms with Gasteiger partial charge in [0.15, 0.2) is 0 Å². The second-order valence-electron chi connectivity index (χ2n) is 7.35. The molecule has 1 aliphatic rings. The van der Waals surface area contributed by atoms with Gasteiger partial charge in [0.2, 0.25) is 5.60 Å². The summed E-state index contributed by atoms with van der Waals surface area (Å²) in [5.74, 6) is -48.9. The van der Waals surface area contributed by atoms with Gasteiger partial charge in [-0.2, -0.15) is 79.0 Å². The predicted molar refractivity (Wildman–Crippen MR) is 72.4 cm³/mol. The van der Waals surface area contributed by atoms with Crippen molar-refractivity contribution in [2.24, 2.45) is 0 Å². The number of hydrogen-bond donors (Lipinski definition) is 1. The topological polar surface area (TPSA) is 23.5 Å². The van der Waals surface area contributed by atoms with E-state index < -0.39 is 78.9 Å². The Morgan fingerprint density at radius 3 is 1.03 bits per heavy atom. The zero-order chi connectivity index (χ0) is 27.8. The maximum absolute atomic E-state index is 14.5. The summed E-state index contributed by atoms with van der Waals surface area (Å²) >= 11 is 0. The van der Waals surface area contributed by atoms with Crippen molar-refractivity contribution >= 4 is 0 Å². The molecule has 1 aliphatic heterocycles. The minimum Gasteiger partial charge on any atom is -0.377 e. The SMILES string of the molecule is CN1CCC[C@H]1C(O)(C(F)(F)C(F)(F)C(F)(F)C(F)(F)F)C(F)(F)C(F)(F)C(F)(F)C(F)(F)F. The molecule has 0 aromatic carbocycles. The van der Waals surface area contributed by atoms with Crippen LogP contribution in [0.4, 0.5) is 79.0 Å². The molecule has 1 saturated heterocycles. The van der Waals surface area contributed by atoms with E-state index in [-0.39, 0.29) is 11.9 Å². The lowest BCUT2D eigenvalue weighted by molar-refractivity contribution is -0.469. The van der Waals surface area contributed by atoms with Crippen LogP contribution < -0.4 is 0 Å². The number of alkyl halides is 18. The minimum atomic E-state index is -8.27. The molecule has 0 aromatic rings. The van der Waals surface area contributed by atoms with Crippen molar-refractivity contribution in [1.29, 1.82) is 0 Å². The maximum atomic E-state index is 14.5. The monoisotopic (exact) mass is 551 g/mol. The first-order valence-corrected chi connectivity index (χ1v) is 8.34. The van der Waals surface area contributed by atoms with Gasteiger partial charge in [-0.3, -0.25) is 0 Å². The van der Waals surface area contributed by atoms with E-state index in [1.807, 2.05) is 0 Å². The van der Waals surface area contributed by atoms with Crippen LogP contribution in [0, 0.1) is 0 Å². The molecule has 0 spiro atoms. The van der Waals surface area contributed by atoms with Gasteiger partial charge in [-0.15, -0.1) is 0 Å². The third-order valence-electron chi connectivity index (χ3n) is 5.25. The fourth-order valence-corrected chi connectivity index (χ4v) is 3.28. The first kappa shape index (κ1) is 30.7. The van der Waals surface area contributed by atoms with E-state index in [9.17, 15) is 84.1 Å². The highest BCUT2D eigenvalue weighted by Crippen LogP contribution is 2.65. The Hall–Kier alpha value is -1.34. The highest BCUT2D eigenvalue weighted by molar-refractivity contribution is 5.23. The predicted octanol–water partition coefficient (Wildman–Crippen LogP) is 5.75. The maximum Gasteiger partial charge on any atom is 0.460 e. The van der Waals surface area contributed by atoms with Crippen molar-refractivity contribution in [3.8, 4) is 0 Å². The van der Waals surface area contributed by atoms with Crippen LogP contribution in [-0.2, 0) is 0 Å². The number of hydrogen-bond acceptors (Lipinski definition) is 2. The summed E-state index contributed by atoms with van der Waals surface area (Å²) < 4.78 is 240. The van der Waals surface area contributed by atoms with Gasteiger partial charge in [-0.25, -0.2) is 0 Å². The zero-order valence-corrected chi connectivity index (χ0v) is 15.9. The molecule has 204 valence electrons. The van der Waals surface area contributed by atoms with Gasteiger partial charge >= 0.3 is 47.9 Å². The average Bonchev–Trinajstić information content (AvgIpc) is 3.04. The van der Waals surface area contributed by atoms with Gasteiger partial charge in [0, 0.05) is 0 Å². The number of aliphatic hydroxyl groups is 1. The Kier molecular flexibility index (Phi) is 7.07. The van der Waals surface area contributed by atoms with Gasteiger partial charge in [0.25, 0.3) is 0 Å². The van der Waals surface area contributed by atoms with Crippen LogP contribution in [0.3, 0.4) is 0 Å². The van der Waals surface area contributed by atoms with Crippen LogP contribution in [0.5, 0.6) is 0 Å². The van der Waals surface area contributed by atoms with Crippen LogP contribution in [0.25, 0.3) is 0 Å². The fraction of sp³-hybridized carbons (Fsp3) is 1.00. The Balaban J connectivity index is 4.07. The van der Waals surface area contributed by atoms with Crippen molar-refractivity contribution in [2.45, 2.75) is 72.4 Å². The Labute approximate surface area is 176 Å². The Morgan fingerprint density at radius 1 is 0.529 bits per heavy atom. The molecule has 1 N–H and O–H groups in total. The quantitative estimate of drug-likeness (QED) is 0.408. The van der Waals surface area contributed by atoms with Gasteiger partial charge in [0.05, 0.1) is 6.04 Å². The summed E-state index contributed by atoms with van der Waals surface area (Å²) in [5.41, 5.74) is -7.04. The molecule has 1 rings (SSSR count). The molecule has 0 bridgehead atoms. The normalized spacial score (nSPS) is 21.4. The Morgan fingerprint density at radius 2 is 0.824 bits per heavy atom. The highest BCUT2D eigenvalue weighted by atomic mass is 19.4. The van der Waals surface area contributed by atoms with Gasteiger partial charge in [-0.1, -0.05) is 0 Å². The lowest BCUT2D eigenvalue weighted by atomic mass is 9.72. The molecule has 34 heavy (non-hydrogen) atoms. The van der Waals surface area contributed by atoms with Crippen molar-refractivity contribution in [2.75, 3.05) is 13.6 Å². The van der Waals surface area contributed by atoms with E-state index in [2.05, 4.69) is 0 Å². The van der Waals surface area contributed by atoms with E-state index in [4.69, 9.17) is 0 Å². The summed E-state index contributed by atoms with van der Waals surface area (Å²) in [6.45, 7) is -0.915. The molecule has 2 nitrogen and oxygen atoms in total. The van der Waals surface area contributed by atoms with Crippen molar-refractivity contribution < 1.29 is 84.1 Å². The van der Waals surface area contributed by atoms with Gasteiger partial charge in [0.1, 0.15) is 0 Å². The van der Waals surface area contributed by atoms with Crippen molar-refractivity contribution in [3.63, 3.8) is 0 Å². The first-order chi connectivity index (χ1) is 14.5. The molecule has 0 radical (unpaired) electrons.